The highest BCUT2D eigenvalue weighted by Gasteiger charge is 1.96. The van der Waals surface area contributed by atoms with E-state index in [9.17, 15) is 0 Å². The van der Waals surface area contributed by atoms with Crippen LogP contribution in [0.25, 0.3) is 0 Å². The van der Waals surface area contributed by atoms with E-state index >= 15 is 0 Å². The molecule has 0 aliphatic heterocycles. The van der Waals surface area contributed by atoms with Gasteiger partial charge in [-0.1, -0.05) is 39.5 Å². The van der Waals surface area contributed by atoms with Crippen molar-refractivity contribution >= 4 is 5.96 Å². The second-order valence-corrected chi connectivity index (χ2v) is 4.63. The molecule has 0 fully saturated rings. The van der Waals surface area contributed by atoms with Gasteiger partial charge in [-0.15, -0.1) is 0 Å². The molecule has 0 saturated carbocycles. The number of aliphatic imine (C=N–C) groups is 1. The molecule has 3 nitrogen and oxygen atoms in total. The summed E-state index contributed by atoms with van der Waals surface area (Å²) < 4.78 is 0. The van der Waals surface area contributed by atoms with Gasteiger partial charge in [-0.3, -0.25) is 4.99 Å². The summed E-state index contributed by atoms with van der Waals surface area (Å²) in [5, 5.41) is 6.50. The average molecular weight is 227 g/mol. The molecule has 0 radical (unpaired) electrons. The van der Waals surface area contributed by atoms with Crippen molar-refractivity contribution in [3.8, 4) is 0 Å². The van der Waals surface area contributed by atoms with Crippen molar-refractivity contribution in [2.24, 2.45) is 10.9 Å². The van der Waals surface area contributed by atoms with Crippen molar-refractivity contribution in [1.82, 2.24) is 10.6 Å². The quantitative estimate of drug-likeness (QED) is 0.380. The third-order valence-electron chi connectivity index (χ3n) is 2.57. The molecule has 16 heavy (non-hydrogen) atoms. The number of nitrogens with one attached hydrogen (secondary N) is 2. The molecule has 0 aromatic heterocycles. The van der Waals surface area contributed by atoms with E-state index in [1.54, 1.807) is 0 Å². The molecule has 0 rings (SSSR count). The number of hydrogen-bond acceptors (Lipinski definition) is 1. The minimum absolute atomic E-state index is 0.853. The number of hydrogen-bond donors (Lipinski definition) is 2. The van der Waals surface area contributed by atoms with Crippen LogP contribution in [0, 0.1) is 5.92 Å². The highest BCUT2D eigenvalue weighted by molar-refractivity contribution is 5.79. The summed E-state index contributed by atoms with van der Waals surface area (Å²) in [5.74, 6) is 1.77. The van der Waals surface area contributed by atoms with Gasteiger partial charge in [-0.25, -0.2) is 0 Å². The topological polar surface area (TPSA) is 36.4 Å². The molecular weight excluding hydrogens is 198 g/mol. The Morgan fingerprint density at radius 1 is 1.06 bits per heavy atom. The lowest BCUT2D eigenvalue weighted by Crippen LogP contribution is -2.37. The molecule has 96 valence electrons. The average Bonchev–Trinajstić information content (AvgIpc) is 2.26. The van der Waals surface area contributed by atoms with Gasteiger partial charge >= 0.3 is 0 Å². The van der Waals surface area contributed by atoms with Gasteiger partial charge in [0.05, 0.1) is 0 Å². The van der Waals surface area contributed by atoms with Crippen molar-refractivity contribution < 1.29 is 0 Å². The van der Waals surface area contributed by atoms with E-state index in [1.807, 2.05) is 7.05 Å². The Bertz CT molecular complexity index is 176. The molecule has 0 amide bonds. The summed E-state index contributed by atoms with van der Waals surface area (Å²) >= 11 is 0. The van der Waals surface area contributed by atoms with Crippen LogP contribution in [0.15, 0.2) is 4.99 Å². The highest BCUT2D eigenvalue weighted by Crippen LogP contribution is 2.08. The van der Waals surface area contributed by atoms with E-state index in [0.29, 0.717) is 0 Å². The van der Waals surface area contributed by atoms with Gasteiger partial charge < -0.3 is 10.6 Å². The van der Waals surface area contributed by atoms with Gasteiger partial charge in [0.2, 0.25) is 0 Å². The largest absolute Gasteiger partial charge is 0.357 e. The molecule has 0 aromatic carbocycles. The second-order valence-electron chi connectivity index (χ2n) is 4.63. The van der Waals surface area contributed by atoms with Gasteiger partial charge in [0, 0.05) is 20.1 Å². The van der Waals surface area contributed by atoms with E-state index in [1.165, 1.54) is 32.1 Å². The van der Waals surface area contributed by atoms with E-state index in [-0.39, 0.29) is 0 Å². The van der Waals surface area contributed by atoms with Crippen molar-refractivity contribution in [2.75, 3.05) is 20.1 Å². The summed E-state index contributed by atoms with van der Waals surface area (Å²) in [4.78, 5) is 4.13. The van der Waals surface area contributed by atoms with Gasteiger partial charge in [0.15, 0.2) is 5.96 Å². The molecule has 3 heteroatoms. The highest BCUT2D eigenvalue weighted by atomic mass is 15.2. The first-order chi connectivity index (χ1) is 7.70. The number of nitrogens with zero attached hydrogens (tertiary/aromatic N) is 1. The fourth-order valence-electron chi connectivity index (χ4n) is 1.63. The van der Waals surface area contributed by atoms with Gasteiger partial charge in [-0.05, 0) is 19.3 Å². The molecule has 0 unspecified atom stereocenters. The van der Waals surface area contributed by atoms with Crippen LogP contribution in [0.1, 0.15) is 52.9 Å². The van der Waals surface area contributed by atoms with Crippen molar-refractivity contribution in [3.63, 3.8) is 0 Å². The van der Waals surface area contributed by atoms with Crippen molar-refractivity contribution in [1.29, 1.82) is 0 Å². The predicted molar refractivity (Wildman–Crippen MR) is 73.0 cm³/mol. The monoisotopic (exact) mass is 227 g/mol. The first-order valence-corrected chi connectivity index (χ1v) is 6.65. The fourth-order valence-corrected chi connectivity index (χ4v) is 1.63. The van der Waals surface area contributed by atoms with E-state index in [0.717, 1.165) is 25.0 Å². The summed E-state index contributed by atoms with van der Waals surface area (Å²) in [5.41, 5.74) is 0. The normalized spacial score (nSPS) is 11.9. The van der Waals surface area contributed by atoms with Crippen LogP contribution in [0.3, 0.4) is 0 Å². The summed E-state index contributed by atoms with van der Waals surface area (Å²) in [6.45, 7) is 8.62. The Kier molecular flexibility index (Phi) is 10.3. The third kappa shape index (κ3) is 9.81. The zero-order chi connectivity index (χ0) is 12.2. The maximum absolute atomic E-state index is 4.13. The lowest BCUT2D eigenvalue weighted by Gasteiger charge is -2.10. The number of unbranched alkanes of at least 4 members (excludes halogenated alkanes) is 3. The number of rotatable bonds is 8. The Balaban J connectivity index is 3.26. The summed E-state index contributed by atoms with van der Waals surface area (Å²) in [6.07, 6.45) is 6.66. The van der Waals surface area contributed by atoms with Crippen LogP contribution in [0.4, 0.5) is 0 Å². The first kappa shape index (κ1) is 15.3. The summed E-state index contributed by atoms with van der Waals surface area (Å²) in [6, 6.07) is 0. The van der Waals surface area contributed by atoms with E-state index < -0.39 is 0 Å². The molecule has 0 heterocycles. The van der Waals surface area contributed by atoms with Crippen molar-refractivity contribution in [2.45, 2.75) is 52.9 Å². The molecule has 0 bridgehead atoms. The molecule has 0 aliphatic carbocycles. The van der Waals surface area contributed by atoms with E-state index in [2.05, 4.69) is 36.4 Å². The van der Waals surface area contributed by atoms with Crippen LogP contribution in [-0.2, 0) is 0 Å². The third-order valence-corrected chi connectivity index (χ3v) is 2.57. The molecule has 0 atom stereocenters. The molecule has 0 aromatic rings. The lowest BCUT2D eigenvalue weighted by molar-refractivity contribution is 0.518. The van der Waals surface area contributed by atoms with E-state index in [4.69, 9.17) is 0 Å². The minimum atomic E-state index is 0.853. The Hall–Kier alpha value is -0.730. The zero-order valence-electron chi connectivity index (χ0n) is 11.5. The smallest absolute Gasteiger partial charge is 0.190 e. The number of guanidine groups is 1. The molecule has 2 N–H and O–H groups in total. The molecule has 0 saturated heterocycles. The lowest BCUT2D eigenvalue weighted by atomic mass is 10.0. The van der Waals surface area contributed by atoms with Crippen LogP contribution in [0.5, 0.6) is 0 Å². The first-order valence-electron chi connectivity index (χ1n) is 6.65. The Labute approximate surface area is 101 Å². The molecular formula is C13H29N3. The van der Waals surface area contributed by atoms with Gasteiger partial charge in [-0.2, -0.15) is 0 Å². The van der Waals surface area contributed by atoms with Crippen LogP contribution >= 0.6 is 0 Å². The fraction of sp³-hybridized carbons (Fsp3) is 0.923. The summed E-state index contributed by atoms with van der Waals surface area (Å²) in [7, 11) is 1.81. The van der Waals surface area contributed by atoms with Crippen LogP contribution in [0.2, 0.25) is 0 Å². The predicted octanol–water partition coefficient (Wildman–Crippen LogP) is 2.78. The van der Waals surface area contributed by atoms with Crippen LogP contribution in [-0.4, -0.2) is 26.1 Å². The standard InChI is InChI=1S/C13H29N3/c1-5-15-13(14-4)16-11-9-7-6-8-10-12(2)3/h12H,5-11H2,1-4H3,(H2,14,15,16). The second kappa shape index (κ2) is 10.8. The van der Waals surface area contributed by atoms with Crippen LogP contribution < -0.4 is 10.6 Å². The molecule has 0 aliphatic rings. The maximum atomic E-state index is 4.13. The van der Waals surface area contributed by atoms with Gasteiger partial charge in [0.1, 0.15) is 0 Å². The Morgan fingerprint density at radius 2 is 1.75 bits per heavy atom. The molecule has 0 spiro atoms. The van der Waals surface area contributed by atoms with Crippen molar-refractivity contribution in [3.05, 3.63) is 0 Å². The SMILES string of the molecule is CCNC(=NC)NCCCCCCC(C)C. The minimum Gasteiger partial charge on any atom is -0.357 e. The Morgan fingerprint density at radius 3 is 2.31 bits per heavy atom. The van der Waals surface area contributed by atoms with Gasteiger partial charge in [0.25, 0.3) is 0 Å². The zero-order valence-corrected chi connectivity index (χ0v) is 11.5. The maximum Gasteiger partial charge on any atom is 0.190 e.